The van der Waals surface area contributed by atoms with Crippen LogP contribution in [0.2, 0.25) is 0 Å². The molecule has 3 atom stereocenters. The summed E-state index contributed by atoms with van der Waals surface area (Å²) in [5, 5.41) is 0. The number of aliphatic imine (C=N–C) groups is 1. The lowest BCUT2D eigenvalue weighted by Crippen LogP contribution is -2.38. The van der Waals surface area contributed by atoms with Gasteiger partial charge >= 0.3 is 5.97 Å². The number of esters is 1. The third-order valence-corrected chi connectivity index (χ3v) is 8.38. The largest absolute Gasteiger partial charge is 0.489 e. The highest BCUT2D eigenvalue weighted by Gasteiger charge is 2.45. The van der Waals surface area contributed by atoms with Crippen LogP contribution in [0.5, 0.6) is 5.75 Å². The number of para-hydroxylation sites is 1. The molecule has 0 amide bonds. The number of carbonyl (C=O) groups excluding carboxylic acids is 2. The highest BCUT2D eigenvalue weighted by molar-refractivity contribution is 6.09. The van der Waals surface area contributed by atoms with Crippen molar-refractivity contribution >= 4 is 17.5 Å². The number of benzene rings is 4. The van der Waals surface area contributed by atoms with Crippen LogP contribution in [0.25, 0.3) is 0 Å². The normalized spacial score (nSPS) is 19.8. The molecular weight excluding hydrogens is 534 g/mol. The number of allylic oxidation sites excluding steroid dienone is 2. The molecular formula is C38H35NO4. The van der Waals surface area contributed by atoms with Crippen LogP contribution >= 0.6 is 0 Å². The average molecular weight is 570 g/mol. The highest BCUT2D eigenvalue weighted by Crippen LogP contribution is 2.48. The van der Waals surface area contributed by atoms with Crippen molar-refractivity contribution in [1.29, 1.82) is 0 Å². The van der Waals surface area contributed by atoms with E-state index in [4.69, 9.17) is 14.5 Å². The zero-order valence-corrected chi connectivity index (χ0v) is 24.3. The van der Waals surface area contributed by atoms with Gasteiger partial charge in [0.2, 0.25) is 0 Å². The van der Waals surface area contributed by atoms with E-state index in [1.54, 1.807) is 0 Å². The zero-order chi connectivity index (χ0) is 29.6. The number of hydrogen-bond donors (Lipinski definition) is 0. The summed E-state index contributed by atoms with van der Waals surface area (Å²) in [6.45, 7) is 2.51. The van der Waals surface area contributed by atoms with Crippen LogP contribution in [0, 0.1) is 5.92 Å². The third kappa shape index (κ3) is 6.36. The van der Waals surface area contributed by atoms with Crippen LogP contribution in [0.4, 0.5) is 0 Å². The maximum Gasteiger partial charge on any atom is 0.315 e. The first kappa shape index (κ1) is 28.4. The topological polar surface area (TPSA) is 65.0 Å². The van der Waals surface area contributed by atoms with Crippen molar-refractivity contribution in [2.24, 2.45) is 10.9 Å². The average Bonchev–Trinajstić information content (AvgIpc) is 3.04. The molecule has 0 saturated carbocycles. The van der Waals surface area contributed by atoms with Crippen molar-refractivity contribution in [3.63, 3.8) is 0 Å². The van der Waals surface area contributed by atoms with E-state index in [1.165, 1.54) is 0 Å². The molecule has 1 unspecified atom stereocenters. The SMILES string of the molecule is CC1=NC2=C(C(=O)C[C@H](c3ccccc3)C2)[C@@H](c2ccccc2OCc2ccccc2)C1C(=O)OCCc1ccccc1. The number of Topliss-reactive ketones (excluding diaryl/α,β-unsaturated/α-hetero) is 1. The lowest BCUT2D eigenvalue weighted by atomic mass is 9.69. The van der Waals surface area contributed by atoms with E-state index >= 15 is 0 Å². The summed E-state index contributed by atoms with van der Waals surface area (Å²) in [5.74, 6) is -0.927. The van der Waals surface area contributed by atoms with Gasteiger partial charge in [0.15, 0.2) is 5.78 Å². The van der Waals surface area contributed by atoms with Crippen molar-refractivity contribution in [3.8, 4) is 5.75 Å². The minimum absolute atomic E-state index is 0.0244. The molecule has 0 N–H and O–H groups in total. The highest BCUT2D eigenvalue weighted by atomic mass is 16.5. The minimum atomic E-state index is -0.728. The molecule has 5 heteroatoms. The molecule has 0 spiro atoms. The smallest absolute Gasteiger partial charge is 0.315 e. The number of ketones is 1. The Morgan fingerprint density at radius 3 is 2.14 bits per heavy atom. The minimum Gasteiger partial charge on any atom is -0.489 e. The van der Waals surface area contributed by atoms with Gasteiger partial charge in [-0.25, -0.2) is 0 Å². The van der Waals surface area contributed by atoms with Gasteiger partial charge in [-0.15, -0.1) is 0 Å². The van der Waals surface area contributed by atoms with Crippen LogP contribution in [0.15, 0.2) is 132 Å². The molecule has 4 aromatic rings. The molecule has 4 aromatic carbocycles. The summed E-state index contributed by atoms with van der Waals surface area (Å²) < 4.78 is 12.2. The van der Waals surface area contributed by atoms with Crippen LogP contribution in [-0.4, -0.2) is 24.1 Å². The van der Waals surface area contributed by atoms with Gasteiger partial charge in [-0.2, -0.15) is 0 Å². The first-order valence-corrected chi connectivity index (χ1v) is 14.9. The molecule has 0 aromatic heterocycles. The molecule has 0 bridgehead atoms. The van der Waals surface area contributed by atoms with E-state index in [9.17, 15) is 9.59 Å². The Hall–Kier alpha value is -4.77. The van der Waals surface area contributed by atoms with Crippen LogP contribution < -0.4 is 4.74 Å². The summed E-state index contributed by atoms with van der Waals surface area (Å²) in [6.07, 6.45) is 1.63. The fraction of sp³-hybridized carbons (Fsp3) is 0.237. The Balaban J connectivity index is 1.35. The first-order valence-electron chi connectivity index (χ1n) is 14.9. The molecule has 0 saturated heterocycles. The van der Waals surface area contributed by atoms with E-state index in [0.717, 1.165) is 28.0 Å². The van der Waals surface area contributed by atoms with Gasteiger partial charge < -0.3 is 9.47 Å². The fourth-order valence-corrected chi connectivity index (χ4v) is 6.27. The number of nitrogens with zero attached hydrogens (tertiary/aromatic N) is 1. The number of rotatable bonds is 9. The molecule has 6 rings (SSSR count). The summed E-state index contributed by atoms with van der Waals surface area (Å²) >= 11 is 0. The maximum atomic E-state index is 14.0. The zero-order valence-electron chi connectivity index (χ0n) is 24.3. The Morgan fingerprint density at radius 1 is 0.791 bits per heavy atom. The van der Waals surface area contributed by atoms with E-state index in [2.05, 4.69) is 12.1 Å². The van der Waals surface area contributed by atoms with Gasteiger partial charge in [-0.05, 0) is 42.0 Å². The molecule has 0 radical (unpaired) electrons. The molecule has 1 aliphatic heterocycles. The van der Waals surface area contributed by atoms with E-state index in [1.807, 2.05) is 110 Å². The van der Waals surface area contributed by atoms with Gasteiger partial charge in [0.1, 0.15) is 18.3 Å². The third-order valence-electron chi connectivity index (χ3n) is 8.38. The summed E-state index contributed by atoms with van der Waals surface area (Å²) in [7, 11) is 0. The molecule has 216 valence electrons. The monoisotopic (exact) mass is 569 g/mol. The lowest BCUT2D eigenvalue weighted by molar-refractivity contribution is -0.146. The molecule has 5 nitrogen and oxygen atoms in total. The van der Waals surface area contributed by atoms with Crippen LogP contribution in [0.1, 0.15) is 53.9 Å². The van der Waals surface area contributed by atoms with Crippen molar-refractivity contribution in [1.82, 2.24) is 0 Å². The van der Waals surface area contributed by atoms with Crippen molar-refractivity contribution < 1.29 is 19.1 Å². The van der Waals surface area contributed by atoms with Crippen LogP contribution in [-0.2, 0) is 27.4 Å². The predicted molar refractivity (Wildman–Crippen MR) is 168 cm³/mol. The Bertz CT molecular complexity index is 1640. The molecule has 1 aliphatic carbocycles. The van der Waals surface area contributed by atoms with Crippen molar-refractivity contribution in [3.05, 3.63) is 149 Å². The number of hydrogen-bond acceptors (Lipinski definition) is 5. The van der Waals surface area contributed by atoms with Gasteiger partial charge in [0.25, 0.3) is 0 Å². The predicted octanol–water partition coefficient (Wildman–Crippen LogP) is 7.63. The van der Waals surface area contributed by atoms with Gasteiger partial charge in [0.05, 0.1) is 6.61 Å². The second-order valence-electron chi connectivity index (χ2n) is 11.2. The van der Waals surface area contributed by atoms with Gasteiger partial charge in [-0.3, -0.25) is 14.6 Å². The van der Waals surface area contributed by atoms with E-state index in [0.29, 0.717) is 42.9 Å². The second kappa shape index (κ2) is 13.0. The standard InChI is InChI=1S/C38H35NO4/c1-26-35(38(41)42-22-21-27-13-5-2-6-14-27)36(31-19-11-12-20-34(31)43-25-28-15-7-3-8-16-28)37-32(39-26)23-30(24-33(37)40)29-17-9-4-10-18-29/h2-20,30,35-36H,21-25H2,1H3/t30-,35?,36+/m1/s1. The number of ether oxygens (including phenoxy) is 2. The number of carbonyl (C=O) groups is 2. The Morgan fingerprint density at radius 2 is 1.42 bits per heavy atom. The molecule has 2 aliphatic rings. The van der Waals surface area contributed by atoms with Gasteiger partial charge in [0, 0.05) is 41.3 Å². The van der Waals surface area contributed by atoms with Gasteiger partial charge in [-0.1, -0.05) is 109 Å². The lowest BCUT2D eigenvalue weighted by Gasteiger charge is -2.37. The Kier molecular flexibility index (Phi) is 8.60. The molecule has 1 heterocycles. The Labute approximate surface area is 252 Å². The summed E-state index contributed by atoms with van der Waals surface area (Å²) in [6, 6.07) is 37.8. The van der Waals surface area contributed by atoms with Crippen molar-refractivity contribution in [2.45, 2.75) is 44.6 Å². The fourth-order valence-electron chi connectivity index (χ4n) is 6.27. The maximum absolute atomic E-state index is 14.0. The quantitative estimate of drug-likeness (QED) is 0.195. The summed E-state index contributed by atoms with van der Waals surface area (Å²) in [5.41, 5.74) is 6.09. The summed E-state index contributed by atoms with van der Waals surface area (Å²) in [4.78, 5) is 32.8. The van der Waals surface area contributed by atoms with Crippen molar-refractivity contribution in [2.75, 3.05) is 6.61 Å². The second-order valence-corrected chi connectivity index (χ2v) is 11.2. The van der Waals surface area contributed by atoms with E-state index < -0.39 is 11.8 Å². The van der Waals surface area contributed by atoms with E-state index in [-0.39, 0.29) is 24.3 Å². The van der Waals surface area contributed by atoms with Crippen LogP contribution in [0.3, 0.4) is 0 Å². The first-order chi connectivity index (χ1) is 21.1. The molecule has 0 fully saturated rings. The molecule has 43 heavy (non-hydrogen) atoms.